The van der Waals surface area contributed by atoms with Crippen LogP contribution in [0.2, 0.25) is 5.02 Å². The quantitative estimate of drug-likeness (QED) is 0.655. The van der Waals surface area contributed by atoms with Crippen molar-refractivity contribution >= 4 is 38.9 Å². The number of benzene rings is 3. The van der Waals surface area contributed by atoms with E-state index in [0.717, 1.165) is 24.1 Å². The molecule has 0 spiro atoms. The third-order valence-electron chi connectivity index (χ3n) is 4.86. The summed E-state index contributed by atoms with van der Waals surface area (Å²) in [6.07, 6.45) is 1.80. The third kappa shape index (κ3) is 3.99. The Kier molecular flexibility index (Phi) is 5.30. The van der Waals surface area contributed by atoms with Gasteiger partial charge in [0, 0.05) is 17.8 Å². The van der Waals surface area contributed by atoms with Crippen molar-refractivity contribution in [1.82, 2.24) is 0 Å². The number of carbonyl (C=O) groups excluding carboxylic acids is 1. The summed E-state index contributed by atoms with van der Waals surface area (Å²) in [5.74, 6) is -0.216. The zero-order valence-corrected chi connectivity index (χ0v) is 17.1. The lowest BCUT2D eigenvalue weighted by molar-refractivity contribution is 0.0985. The van der Waals surface area contributed by atoms with Crippen LogP contribution in [-0.2, 0) is 16.4 Å². The summed E-state index contributed by atoms with van der Waals surface area (Å²) in [5, 5.41) is 0.299. The lowest BCUT2D eigenvalue weighted by Crippen LogP contribution is -2.35. The topological polar surface area (TPSA) is 66.5 Å². The zero-order valence-electron chi connectivity index (χ0n) is 15.5. The van der Waals surface area contributed by atoms with Gasteiger partial charge in [0.1, 0.15) is 0 Å². The molecule has 0 fully saturated rings. The first-order valence-corrected chi connectivity index (χ1v) is 11.1. The second-order valence-corrected chi connectivity index (χ2v) is 8.89. The molecule has 29 heavy (non-hydrogen) atoms. The smallest absolute Gasteiger partial charge is 0.261 e. The fraction of sp³-hybridized carbons (Fsp3) is 0.136. The molecule has 3 aromatic carbocycles. The average Bonchev–Trinajstić information content (AvgIpc) is 2.74. The van der Waals surface area contributed by atoms with Gasteiger partial charge in [-0.1, -0.05) is 48.0 Å². The van der Waals surface area contributed by atoms with Crippen LogP contribution in [0.25, 0.3) is 0 Å². The van der Waals surface area contributed by atoms with Gasteiger partial charge in [-0.15, -0.1) is 0 Å². The fourth-order valence-electron chi connectivity index (χ4n) is 3.44. The number of aryl methyl sites for hydroxylation is 1. The van der Waals surface area contributed by atoms with E-state index in [4.69, 9.17) is 11.6 Å². The molecule has 1 amide bonds. The van der Waals surface area contributed by atoms with E-state index in [-0.39, 0.29) is 16.5 Å². The molecule has 0 saturated heterocycles. The number of hydrogen-bond acceptors (Lipinski definition) is 3. The average molecular weight is 427 g/mol. The van der Waals surface area contributed by atoms with Gasteiger partial charge in [0.2, 0.25) is 0 Å². The molecular weight excluding hydrogens is 408 g/mol. The first-order chi connectivity index (χ1) is 14.0. The molecule has 1 aliphatic rings. The van der Waals surface area contributed by atoms with Gasteiger partial charge in [0.05, 0.1) is 15.6 Å². The molecule has 0 atom stereocenters. The molecule has 3 aromatic rings. The summed E-state index contributed by atoms with van der Waals surface area (Å²) in [6, 6.07) is 20.5. The van der Waals surface area contributed by atoms with Crippen LogP contribution in [0, 0.1) is 0 Å². The van der Waals surface area contributed by atoms with Crippen LogP contribution in [0.15, 0.2) is 77.7 Å². The van der Waals surface area contributed by atoms with Gasteiger partial charge in [0.25, 0.3) is 15.9 Å². The van der Waals surface area contributed by atoms with Crippen molar-refractivity contribution in [3.63, 3.8) is 0 Å². The minimum Gasteiger partial charge on any atom is -0.308 e. The minimum absolute atomic E-state index is 0.00793. The van der Waals surface area contributed by atoms with Crippen molar-refractivity contribution in [1.29, 1.82) is 0 Å². The summed E-state index contributed by atoms with van der Waals surface area (Å²) in [5.41, 5.74) is 2.61. The number of hydrogen-bond donors (Lipinski definition) is 1. The van der Waals surface area contributed by atoms with Crippen LogP contribution in [-0.4, -0.2) is 20.9 Å². The Morgan fingerprint density at radius 1 is 0.966 bits per heavy atom. The molecule has 0 bridgehead atoms. The van der Waals surface area contributed by atoms with Gasteiger partial charge >= 0.3 is 0 Å². The summed E-state index contributed by atoms with van der Waals surface area (Å²) in [7, 11) is -3.89. The highest BCUT2D eigenvalue weighted by Crippen LogP contribution is 2.29. The number of anilines is 2. The summed E-state index contributed by atoms with van der Waals surface area (Å²) in [4.78, 5) is 14.9. The normalized spacial score (nSPS) is 13.6. The molecule has 0 aliphatic carbocycles. The Morgan fingerprint density at radius 3 is 2.55 bits per heavy atom. The minimum atomic E-state index is -3.89. The molecule has 0 radical (unpaired) electrons. The molecule has 4 rings (SSSR count). The number of nitrogens with zero attached hydrogens (tertiary/aromatic N) is 1. The van der Waals surface area contributed by atoms with Gasteiger partial charge in [0.15, 0.2) is 0 Å². The van der Waals surface area contributed by atoms with E-state index < -0.39 is 10.0 Å². The highest BCUT2D eigenvalue weighted by atomic mass is 35.5. The predicted octanol–water partition coefficient (Wildman–Crippen LogP) is 4.73. The molecule has 0 saturated carbocycles. The number of rotatable bonds is 4. The van der Waals surface area contributed by atoms with Gasteiger partial charge in [-0.25, -0.2) is 8.42 Å². The van der Waals surface area contributed by atoms with Gasteiger partial charge in [-0.2, -0.15) is 0 Å². The number of fused-ring (bicyclic) bond motifs is 1. The van der Waals surface area contributed by atoms with E-state index in [2.05, 4.69) is 4.72 Å². The zero-order chi connectivity index (χ0) is 20.4. The Bertz CT molecular complexity index is 1180. The molecule has 0 unspecified atom stereocenters. The van der Waals surface area contributed by atoms with Gasteiger partial charge in [-0.3, -0.25) is 9.52 Å². The maximum absolute atomic E-state index is 13.1. The Balaban J connectivity index is 1.64. The Labute approximate surface area is 175 Å². The first kappa shape index (κ1) is 19.5. The van der Waals surface area contributed by atoms with Crippen molar-refractivity contribution in [2.45, 2.75) is 17.7 Å². The van der Waals surface area contributed by atoms with Crippen molar-refractivity contribution in [2.24, 2.45) is 0 Å². The van der Waals surface area contributed by atoms with Gasteiger partial charge in [-0.05, 0) is 54.8 Å². The summed E-state index contributed by atoms with van der Waals surface area (Å²) in [6.45, 7) is 0.602. The Hall–Kier alpha value is -2.83. The number of para-hydroxylation sites is 2. The molecule has 5 nitrogen and oxygen atoms in total. The largest absolute Gasteiger partial charge is 0.308 e. The molecule has 1 aliphatic heterocycles. The lowest BCUT2D eigenvalue weighted by atomic mass is 10.0. The van der Waals surface area contributed by atoms with Crippen LogP contribution < -0.4 is 9.62 Å². The monoisotopic (exact) mass is 426 g/mol. The standard InChI is InChI=1S/C22H19ClN2O3S/c23-19-11-2-3-12-20(19)24-29(27,28)18-10-5-8-17(15-18)22(26)25-14-6-9-16-7-1-4-13-21(16)25/h1-5,7-8,10-13,15,24H,6,9,14H2. The van der Waals surface area contributed by atoms with E-state index >= 15 is 0 Å². The van der Waals surface area contributed by atoms with Crippen molar-refractivity contribution < 1.29 is 13.2 Å². The molecular formula is C22H19ClN2O3S. The van der Waals surface area contributed by atoms with Crippen LogP contribution in [0.5, 0.6) is 0 Å². The van der Waals surface area contributed by atoms with Crippen LogP contribution in [0.4, 0.5) is 11.4 Å². The van der Waals surface area contributed by atoms with Crippen LogP contribution >= 0.6 is 11.6 Å². The molecule has 0 aromatic heterocycles. The van der Waals surface area contributed by atoms with E-state index in [1.807, 2.05) is 24.3 Å². The third-order valence-corrected chi connectivity index (χ3v) is 6.56. The molecule has 7 heteroatoms. The van der Waals surface area contributed by atoms with Crippen molar-refractivity contribution in [3.05, 3.63) is 88.9 Å². The number of sulfonamides is 1. The fourth-order valence-corrected chi connectivity index (χ4v) is 4.81. The van der Waals surface area contributed by atoms with E-state index in [9.17, 15) is 13.2 Å². The maximum Gasteiger partial charge on any atom is 0.261 e. The highest BCUT2D eigenvalue weighted by molar-refractivity contribution is 7.92. The van der Waals surface area contributed by atoms with Crippen molar-refractivity contribution in [2.75, 3.05) is 16.2 Å². The van der Waals surface area contributed by atoms with E-state index in [1.165, 1.54) is 12.1 Å². The van der Waals surface area contributed by atoms with Crippen molar-refractivity contribution in [3.8, 4) is 0 Å². The SMILES string of the molecule is O=C(c1cccc(S(=O)(=O)Nc2ccccc2Cl)c1)N1CCCc2ccccc21. The number of carbonyl (C=O) groups is 1. The first-order valence-electron chi connectivity index (χ1n) is 9.23. The number of amides is 1. The predicted molar refractivity (Wildman–Crippen MR) is 115 cm³/mol. The second-order valence-electron chi connectivity index (χ2n) is 6.80. The Morgan fingerprint density at radius 2 is 1.72 bits per heavy atom. The number of halogens is 1. The lowest BCUT2D eigenvalue weighted by Gasteiger charge is -2.29. The maximum atomic E-state index is 13.1. The summed E-state index contributed by atoms with van der Waals surface area (Å²) >= 11 is 6.06. The number of nitrogens with one attached hydrogen (secondary N) is 1. The second kappa shape index (κ2) is 7.89. The molecule has 1 heterocycles. The molecule has 148 valence electrons. The summed E-state index contributed by atoms with van der Waals surface area (Å²) < 4.78 is 28.1. The van der Waals surface area contributed by atoms with Crippen LogP contribution in [0.1, 0.15) is 22.3 Å². The van der Waals surface area contributed by atoms with Gasteiger partial charge < -0.3 is 4.90 Å². The molecule has 1 N–H and O–H groups in total. The van der Waals surface area contributed by atoms with E-state index in [1.54, 1.807) is 41.3 Å². The highest BCUT2D eigenvalue weighted by Gasteiger charge is 2.25. The van der Waals surface area contributed by atoms with Crippen LogP contribution in [0.3, 0.4) is 0 Å². The van der Waals surface area contributed by atoms with E-state index in [0.29, 0.717) is 17.1 Å².